The minimum atomic E-state index is -0.657. The van der Waals surface area contributed by atoms with Crippen LogP contribution in [0.15, 0.2) is 54.6 Å². The van der Waals surface area contributed by atoms with Crippen LogP contribution in [0, 0.1) is 10.1 Å². The molecule has 0 bridgehead atoms. The summed E-state index contributed by atoms with van der Waals surface area (Å²) in [6.07, 6.45) is 0.474. The molecule has 0 amide bonds. The van der Waals surface area contributed by atoms with Gasteiger partial charge in [0.1, 0.15) is 11.8 Å². The predicted octanol–water partition coefficient (Wildman–Crippen LogP) is 3.58. The molecule has 0 aromatic heterocycles. The molecule has 0 saturated heterocycles. The Bertz CT molecular complexity index is 614. The summed E-state index contributed by atoms with van der Waals surface area (Å²) in [5.74, 6) is 0.796. The maximum Gasteiger partial charge on any atom is 0.232 e. The third-order valence-electron chi connectivity index (χ3n) is 3.92. The summed E-state index contributed by atoms with van der Waals surface area (Å²) in [4.78, 5) is 11.2. The molecule has 1 N–H and O–H groups in total. The van der Waals surface area contributed by atoms with Crippen LogP contribution in [0.25, 0.3) is 0 Å². The lowest BCUT2D eigenvalue weighted by atomic mass is 9.97. The van der Waals surface area contributed by atoms with Crippen LogP contribution >= 0.6 is 0 Å². The van der Waals surface area contributed by atoms with Crippen molar-refractivity contribution in [1.82, 2.24) is 5.32 Å². The van der Waals surface area contributed by atoms with Crippen molar-refractivity contribution in [1.29, 1.82) is 0 Å². The van der Waals surface area contributed by atoms with Gasteiger partial charge < -0.3 is 10.1 Å². The van der Waals surface area contributed by atoms with Crippen LogP contribution in [0.3, 0.4) is 0 Å². The third-order valence-corrected chi connectivity index (χ3v) is 3.92. The average molecular weight is 314 g/mol. The van der Waals surface area contributed by atoms with E-state index in [4.69, 9.17) is 4.74 Å². The zero-order valence-corrected chi connectivity index (χ0v) is 13.4. The Hall–Kier alpha value is -2.40. The van der Waals surface area contributed by atoms with E-state index in [9.17, 15) is 10.1 Å². The molecule has 0 aliphatic rings. The first kappa shape index (κ1) is 17.0. The van der Waals surface area contributed by atoms with Gasteiger partial charge in [0.25, 0.3) is 0 Å². The monoisotopic (exact) mass is 314 g/mol. The first-order valence-electron chi connectivity index (χ1n) is 7.70. The van der Waals surface area contributed by atoms with Gasteiger partial charge in [-0.3, -0.25) is 10.1 Å². The lowest BCUT2D eigenvalue weighted by Gasteiger charge is -2.22. The van der Waals surface area contributed by atoms with Crippen LogP contribution in [-0.2, 0) is 6.54 Å². The van der Waals surface area contributed by atoms with Gasteiger partial charge in [0, 0.05) is 17.9 Å². The Morgan fingerprint density at radius 2 is 1.78 bits per heavy atom. The molecule has 2 atom stereocenters. The Morgan fingerprint density at radius 3 is 2.30 bits per heavy atom. The van der Waals surface area contributed by atoms with E-state index in [0.717, 1.165) is 16.9 Å². The Morgan fingerprint density at radius 1 is 1.13 bits per heavy atom. The largest absolute Gasteiger partial charge is 0.497 e. The lowest BCUT2D eigenvalue weighted by molar-refractivity contribution is -0.528. The second-order valence-electron chi connectivity index (χ2n) is 5.38. The highest BCUT2D eigenvalue weighted by molar-refractivity contribution is 5.27. The fourth-order valence-electron chi connectivity index (χ4n) is 2.61. The minimum absolute atomic E-state index is 0.196. The highest BCUT2D eigenvalue weighted by Gasteiger charge is 2.30. The molecular weight excluding hydrogens is 292 g/mol. The highest BCUT2D eigenvalue weighted by atomic mass is 16.6. The number of rotatable bonds is 8. The van der Waals surface area contributed by atoms with E-state index in [0.29, 0.717) is 13.0 Å². The molecule has 0 saturated carbocycles. The number of nitrogens with one attached hydrogen (secondary N) is 1. The molecule has 23 heavy (non-hydrogen) atoms. The van der Waals surface area contributed by atoms with Crippen LogP contribution < -0.4 is 10.1 Å². The Balaban J connectivity index is 2.15. The molecular formula is C18H22N2O3. The fourth-order valence-corrected chi connectivity index (χ4v) is 2.61. The Kier molecular flexibility index (Phi) is 6.11. The smallest absolute Gasteiger partial charge is 0.232 e. The molecule has 5 heteroatoms. The molecule has 0 fully saturated rings. The molecule has 0 heterocycles. The van der Waals surface area contributed by atoms with E-state index in [1.807, 2.05) is 61.5 Å². The summed E-state index contributed by atoms with van der Waals surface area (Å²) >= 11 is 0. The van der Waals surface area contributed by atoms with E-state index in [1.165, 1.54) is 0 Å². The summed E-state index contributed by atoms with van der Waals surface area (Å²) in [7, 11) is 1.63. The van der Waals surface area contributed by atoms with Crippen LogP contribution in [0.5, 0.6) is 5.75 Å². The first-order chi connectivity index (χ1) is 11.2. The van der Waals surface area contributed by atoms with E-state index in [2.05, 4.69) is 5.32 Å². The lowest BCUT2D eigenvalue weighted by Crippen LogP contribution is -2.36. The van der Waals surface area contributed by atoms with Crippen molar-refractivity contribution in [3.05, 3.63) is 75.8 Å². The van der Waals surface area contributed by atoms with Crippen LogP contribution in [0.4, 0.5) is 0 Å². The van der Waals surface area contributed by atoms with Crippen molar-refractivity contribution in [3.63, 3.8) is 0 Å². The van der Waals surface area contributed by atoms with Gasteiger partial charge in [-0.15, -0.1) is 0 Å². The summed E-state index contributed by atoms with van der Waals surface area (Å²) in [6.45, 7) is 2.41. The average Bonchev–Trinajstić information content (AvgIpc) is 2.59. The summed E-state index contributed by atoms with van der Waals surface area (Å²) < 4.78 is 5.14. The second kappa shape index (κ2) is 8.29. The van der Waals surface area contributed by atoms with Crippen LogP contribution in [-0.4, -0.2) is 18.1 Å². The zero-order valence-electron chi connectivity index (χ0n) is 13.4. The number of methoxy groups -OCH3 is 1. The highest BCUT2D eigenvalue weighted by Crippen LogP contribution is 2.22. The van der Waals surface area contributed by atoms with Gasteiger partial charge in [-0.25, -0.2) is 0 Å². The minimum Gasteiger partial charge on any atom is -0.497 e. The number of nitrogens with zero attached hydrogens (tertiary/aromatic N) is 1. The van der Waals surface area contributed by atoms with Gasteiger partial charge in [-0.05, 0) is 23.3 Å². The number of hydrogen-bond donors (Lipinski definition) is 1. The van der Waals surface area contributed by atoms with Crippen molar-refractivity contribution < 1.29 is 9.66 Å². The molecule has 2 unspecified atom stereocenters. The first-order valence-corrected chi connectivity index (χ1v) is 7.70. The van der Waals surface area contributed by atoms with E-state index >= 15 is 0 Å². The van der Waals surface area contributed by atoms with Gasteiger partial charge in [0.15, 0.2) is 0 Å². The van der Waals surface area contributed by atoms with Crippen molar-refractivity contribution in [2.24, 2.45) is 0 Å². The standard InChI is InChI=1S/C18H22N2O3/c1-3-17(20(21)22)18(15-7-5-4-6-8-15)19-13-14-9-11-16(23-2)12-10-14/h4-12,17-19H,3,13H2,1-2H3. The summed E-state index contributed by atoms with van der Waals surface area (Å²) in [6, 6.07) is 16.3. The van der Waals surface area contributed by atoms with Crippen molar-refractivity contribution in [2.75, 3.05) is 7.11 Å². The summed E-state index contributed by atoms with van der Waals surface area (Å²) in [5.41, 5.74) is 1.99. The zero-order chi connectivity index (χ0) is 16.7. The molecule has 0 spiro atoms. The third kappa shape index (κ3) is 4.53. The number of nitro groups is 1. The van der Waals surface area contributed by atoms with Gasteiger partial charge in [0.2, 0.25) is 6.04 Å². The van der Waals surface area contributed by atoms with Crippen molar-refractivity contribution in [2.45, 2.75) is 32.0 Å². The van der Waals surface area contributed by atoms with E-state index in [1.54, 1.807) is 7.11 Å². The molecule has 2 rings (SSSR count). The molecule has 0 aliphatic carbocycles. The number of benzene rings is 2. The summed E-state index contributed by atoms with van der Waals surface area (Å²) in [5, 5.41) is 14.7. The van der Waals surface area contributed by atoms with Gasteiger partial charge in [-0.1, -0.05) is 49.4 Å². The molecule has 0 radical (unpaired) electrons. The van der Waals surface area contributed by atoms with Crippen molar-refractivity contribution in [3.8, 4) is 5.75 Å². The molecule has 5 nitrogen and oxygen atoms in total. The Labute approximate surface area is 136 Å². The van der Waals surface area contributed by atoms with Crippen LogP contribution in [0.2, 0.25) is 0 Å². The second-order valence-corrected chi connectivity index (χ2v) is 5.38. The SMILES string of the molecule is CCC(C(NCc1ccc(OC)cc1)c1ccccc1)[N+](=O)[O-]. The fraction of sp³-hybridized carbons (Fsp3) is 0.333. The van der Waals surface area contributed by atoms with E-state index in [-0.39, 0.29) is 11.0 Å². The number of ether oxygens (including phenoxy) is 1. The van der Waals surface area contributed by atoms with E-state index < -0.39 is 6.04 Å². The maximum absolute atomic E-state index is 11.4. The maximum atomic E-state index is 11.4. The normalized spacial score (nSPS) is 13.3. The molecule has 2 aromatic rings. The van der Waals surface area contributed by atoms with Crippen LogP contribution in [0.1, 0.15) is 30.5 Å². The molecule has 122 valence electrons. The predicted molar refractivity (Wildman–Crippen MR) is 90.1 cm³/mol. The van der Waals surface area contributed by atoms with Gasteiger partial charge >= 0.3 is 0 Å². The van der Waals surface area contributed by atoms with Gasteiger partial charge in [0.05, 0.1) is 7.11 Å². The molecule has 0 aliphatic heterocycles. The molecule has 2 aromatic carbocycles. The number of hydrogen-bond acceptors (Lipinski definition) is 4. The van der Waals surface area contributed by atoms with Gasteiger partial charge in [-0.2, -0.15) is 0 Å². The quantitative estimate of drug-likeness (QED) is 0.597. The topological polar surface area (TPSA) is 64.4 Å². The van der Waals surface area contributed by atoms with Crippen molar-refractivity contribution >= 4 is 0 Å².